The van der Waals surface area contributed by atoms with Crippen LogP contribution in [-0.4, -0.2) is 31.2 Å². The van der Waals surface area contributed by atoms with Crippen molar-refractivity contribution < 1.29 is 14.3 Å². The summed E-state index contributed by atoms with van der Waals surface area (Å²) in [5, 5.41) is 5.92. The summed E-state index contributed by atoms with van der Waals surface area (Å²) in [6.45, 7) is 11.0. The summed E-state index contributed by atoms with van der Waals surface area (Å²) in [6, 6.07) is 0. The van der Waals surface area contributed by atoms with Gasteiger partial charge in [-0.05, 0) is 143 Å². The number of rotatable bonds is 22. The van der Waals surface area contributed by atoms with Crippen molar-refractivity contribution in [2.24, 2.45) is 46.3 Å². The highest BCUT2D eigenvalue weighted by atomic mass is 16.6. The van der Waals surface area contributed by atoms with Crippen LogP contribution in [0.3, 0.4) is 0 Å². The Labute approximate surface area is 314 Å². The molecule has 0 saturated heterocycles. The number of terminal acetylenes is 1. The Morgan fingerprint density at radius 1 is 0.804 bits per heavy atom. The zero-order chi connectivity index (χ0) is 36.5. The van der Waals surface area contributed by atoms with Crippen LogP contribution in [0.2, 0.25) is 0 Å². The number of carbonyl (C=O) groups excluding carboxylic acids is 2. The largest absolute Gasteiger partial charge is 0.446 e. The summed E-state index contributed by atoms with van der Waals surface area (Å²) in [6.07, 6.45) is 41.0. The van der Waals surface area contributed by atoms with Gasteiger partial charge in [0.05, 0.1) is 6.54 Å². The Balaban J connectivity index is 1.07. The number of fused-ring (bicyclic) bond motifs is 5. The Hall–Kier alpha value is -1.96. The highest BCUT2D eigenvalue weighted by molar-refractivity contribution is 5.75. The van der Waals surface area contributed by atoms with E-state index in [1.54, 1.807) is 0 Å². The number of nitrogens with one attached hydrogen (secondary N) is 2. The SMILES string of the molecule is C#CCNC(=O)O[C@@H]1CC[C@@]2(C)C(CCC3C2CC[C@@]2(C)C3CC[C@@H]2[C@H](C)CCC(=O)NCCCCCCCCC=CCCCCCCCC)C1. The molecule has 9 atom stereocenters. The van der Waals surface area contributed by atoms with Crippen LogP contribution >= 0.6 is 0 Å². The number of ether oxygens (including phenoxy) is 1. The van der Waals surface area contributed by atoms with Crippen LogP contribution < -0.4 is 10.6 Å². The molecule has 0 aromatic rings. The lowest BCUT2D eigenvalue weighted by molar-refractivity contribution is -0.130. The summed E-state index contributed by atoms with van der Waals surface area (Å²) in [5.41, 5.74) is 0.782. The molecule has 4 rings (SSSR count). The van der Waals surface area contributed by atoms with E-state index in [0.717, 1.165) is 55.9 Å². The molecule has 2 N–H and O–H groups in total. The predicted octanol–water partition coefficient (Wildman–Crippen LogP) is 11.9. The molecule has 0 aromatic carbocycles. The average molecular weight is 707 g/mol. The van der Waals surface area contributed by atoms with E-state index < -0.39 is 0 Å². The highest BCUT2D eigenvalue weighted by Gasteiger charge is 2.60. The number of hydrogen-bond donors (Lipinski definition) is 2. The minimum Gasteiger partial charge on any atom is -0.446 e. The van der Waals surface area contributed by atoms with Gasteiger partial charge in [-0.25, -0.2) is 4.79 Å². The van der Waals surface area contributed by atoms with Crippen LogP contribution in [0.25, 0.3) is 0 Å². The molecular formula is C46H78N2O3. The average Bonchev–Trinajstić information content (AvgIpc) is 3.48. The zero-order valence-corrected chi connectivity index (χ0v) is 33.6. The van der Waals surface area contributed by atoms with Gasteiger partial charge in [0.15, 0.2) is 0 Å². The molecule has 0 bridgehead atoms. The molecule has 4 unspecified atom stereocenters. The normalized spacial score (nSPS) is 32.0. The van der Waals surface area contributed by atoms with Crippen LogP contribution in [0.4, 0.5) is 4.79 Å². The van der Waals surface area contributed by atoms with Crippen LogP contribution in [-0.2, 0) is 9.53 Å². The van der Waals surface area contributed by atoms with Crippen molar-refractivity contribution in [1.82, 2.24) is 10.6 Å². The Kier molecular flexibility index (Phi) is 17.8. The number of alkyl carbamates (subject to hydrolysis) is 1. The van der Waals surface area contributed by atoms with Gasteiger partial charge in [-0.2, -0.15) is 0 Å². The van der Waals surface area contributed by atoms with Gasteiger partial charge >= 0.3 is 6.09 Å². The van der Waals surface area contributed by atoms with Crippen molar-refractivity contribution >= 4 is 12.0 Å². The molecule has 4 aliphatic carbocycles. The summed E-state index contributed by atoms with van der Waals surface area (Å²) in [7, 11) is 0. The van der Waals surface area contributed by atoms with E-state index in [2.05, 4.69) is 56.4 Å². The van der Waals surface area contributed by atoms with Gasteiger partial charge in [-0.15, -0.1) is 6.42 Å². The maximum absolute atomic E-state index is 12.8. The predicted molar refractivity (Wildman–Crippen MR) is 213 cm³/mol. The van der Waals surface area contributed by atoms with E-state index in [9.17, 15) is 9.59 Å². The van der Waals surface area contributed by atoms with Crippen LogP contribution in [0, 0.1) is 58.7 Å². The minimum atomic E-state index is -0.360. The molecule has 290 valence electrons. The summed E-state index contributed by atoms with van der Waals surface area (Å²) >= 11 is 0. The Morgan fingerprint density at radius 2 is 1.45 bits per heavy atom. The summed E-state index contributed by atoms with van der Waals surface area (Å²) < 4.78 is 5.78. The van der Waals surface area contributed by atoms with Crippen molar-refractivity contribution in [3.63, 3.8) is 0 Å². The molecule has 5 nitrogen and oxygen atoms in total. The molecule has 0 aliphatic heterocycles. The topological polar surface area (TPSA) is 67.4 Å². The maximum atomic E-state index is 12.8. The van der Waals surface area contributed by atoms with Gasteiger partial charge in [0, 0.05) is 13.0 Å². The lowest BCUT2D eigenvalue weighted by Crippen LogP contribution is -2.54. The van der Waals surface area contributed by atoms with E-state index in [1.165, 1.54) is 128 Å². The molecule has 51 heavy (non-hydrogen) atoms. The van der Waals surface area contributed by atoms with Crippen molar-refractivity contribution in [3.8, 4) is 12.3 Å². The molecule has 0 radical (unpaired) electrons. The monoisotopic (exact) mass is 707 g/mol. The first kappa shape index (κ1) is 41.8. The lowest BCUT2D eigenvalue weighted by atomic mass is 9.44. The standard InChI is InChI=1S/C46H78N2O3/c1-6-8-9-10-11-12-13-14-15-16-17-18-19-20-21-22-34-47-43(49)28-23-36(3)40-26-27-41-39-25-24-37-35-38(51-44(50)48-33-7-2)29-31-45(37,4)42(39)30-32-46(40,41)5/h2,14-15,36-42H,6,8-13,16-35H2,1,3-5H3,(H,47,49)(H,48,50)/t36-,37?,38-,39?,40-,41?,42?,45+,46-/m1/s1. The van der Waals surface area contributed by atoms with Gasteiger partial charge in [0.25, 0.3) is 0 Å². The van der Waals surface area contributed by atoms with Crippen LogP contribution in [0.1, 0.15) is 188 Å². The van der Waals surface area contributed by atoms with E-state index in [4.69, 9.17) is 11.2 Å². The van der Waals surface area contributed by atoms with Gasteiger partial charge in [0.2, 0.25) is 5.91 Å². The lowest BCUT2D eigenvalue weighted by Gasteiger charge is -2.61. The fourth-order valence-electron chi connectivity index (χ4n) is 11.9. The van der Waals surface area contributed by atoms with Crippen molar-refractivity contribution in [3.05, 3.63) is 12.2 Å². The minimum absolute atomic E-state index is 0.0205. The van der Waals surface area contributed by atoms with Crippen molar-refractivity contribution in [2.75, 3.05) is 13.1 Å². The third kappa shape index (κ3) is 12.0. The second-order valence-electron chi connectivity index (χ2n) is 18.0. The molecule has 5 heteroatoms. The smallest absolute Gasteiger partial charge is 0.408 e. The molecule has 0 spiro atoms. The third-order valence-corrected chi connectivity index (χ3v) is 14.8. The summed E-state index contributed by atoms with van der Waals surface area (Å²) in [4.78, 5) is 25.0. The molecular weight excluding hydrogens is 629 g/mol. The number of carbonyl (C=O) groups is 2. The zero-order valence-electron chi connectivity index (χ0n) is 33.6. The second-order valence-corrected chi connectivity index (χ2v) is 18.0. The van der Waals surface area contributed by atoms with Crippen molar-refractivity contribution in [2.45, 2.75) is 194 Å². The van der Waals surface area contributed by atoms with Gasteiger partial charge < -0.3 is 15.4 Å². The Morgan fingerprint density at radius 3 is 2.16 bits per heavy atom. The van der Waals surface area contributed by atoms with Crippen LogP contribution in [0.15, 0.2) is 12.2 Å². The molecule has 0 heterocycles. The first-order valence-electron chi connectivity index (χ1n) is 22.0. The number of amides is 2. The van der Waals surface area contributed by atoms with Gasteiger partial charge in [-0.1, -0.05) is 104 Å². The van der Waals surface area contributed by atoms with E-state index in [0.29, 0.717) is 29.1 Å². The quantitative estimate of drug-likeness (QED) is 0.0669. The summed E-state index contributed by atoms with van der Waals surface area (Å²) in [5.74, 6) is 7.16. The van der Waals surface area contributed by atoms with E-state index in [1.807, 2.05) is 0 Å². The maximum Gasteiger partial charge on any atom is 0.408 e. The molecule has 2 amide bonds. The number of hydrogen-bond acceptors (Lipinski definition) is 3. The second kappa shape index (κ2) is 21.7. The first-order valence-corrected chi connectivity index (χ1v) is 22.0. The van der Waals surface area contributed by atoms with Crippen molar-refractivity contribution in [1.29, 1.82) is 0 Å². The third-order valence-electron chi connectivity index (χ3n) is 14.8. The van der Waals surface area contributed by atoms with Gasteiger partial charge in [0.1, 0.15) is 6.10 Å². The molecule has 4 saturated carbocycles. The van der Waals surface area contributed by atoms with Crippen LogP contribution in [0.5, 0.6) is 0 Å². The Bertz CT molecular complexity index is 1110. The van der Waals surface area contributed by atoms with E-state index >= 15 is 0 Å². The fraction of sp³-hybridized carbons (Fsp3) is 0.870. The molecule has 4 fully saturated rings. The fourth-order valence-corrected chi connectivity index (χ4v) is 11.9. The molecule has 0 aromatic heterocycles. The molecule has 4 aliphatic rings. The van der Waals surface area contributed by atoms with Gasteiger partial charge in [-0.3, -0.25) is 4.79 Å². The number of allylic oxidation sites excluding steroid dienone is 2. The number of unbranched alkanes of at least 4 members (excludes halogenated alkanes) is 12. The van der Waals surface area contributed by atoms with E-state index in [-0.39, 0.29) is 24.6 Å². The first-order chi connectivity index (χ1) is 24.7. The highest BCUT2D eigenvalue weighted by Crippen LogP contribution is 2.68.